The second-order valence-corrected chi connectivity index (χ2v) is 7.57. The maximum Gasteiger partial charge on any atom is 0.164 e. The minimum absolute atomic E-state index is 0.145. The summed E-state index contributed by atoms with van der Waals surface area (Å²) in [6.45, 7) is 6.03. The summed E-state index contributed by atoms with van der Waals surface area (Å²) in [4.78, 5) is 0.661. The quantitative estimate of drug-likeness (QED) is 0.273. The Balaban J connectivity index is 2.48. The Bertz CT molecular complexity index is 705. The summed E-state index contributed by atoms with van der Waals surface area (Å²) >= 11 is 0. The minimum Gasteiger partial charge on any atom is -0.506 e. The van der Waals surface area contributed by atoms with Gasteiger partial charge in [0.1, 0.15) is 11.5 Å². The Kier molecular flexibility index (Phi) is 4.91. The summed E-state index contributed by atoms with van der Waals surface area (Å²) in [5.41, 5.74) is 0.883. The van der Waals surface area contributed by atoms with Crippen molar-refractivity contribution in [3.63, 3.8) is 0 Å². The van der Waals surface area contributed by atoms with Crippen molar-refractivity contribution in [1.82, 2.24) is 0 Å². The molecule has 24 heavy (non-hydrogen) atoms. The molecule has 6 nitrogen and oxygen atoms in total. The number of hydrogen-bond donors (Lipinski definition) is 6. The molecule has 6 N–H and O–H groups in total. The molecule has 2 aromatic carbocycles. The second kappa shape index (κ2) is 6.45. The van der Waals surface area contributed by atoms with Gasteiger partial charge in [0.2, 0.25) is 0 Å². The van der Waals surface area contributed by atoms with Crippen LogP contribution in [-0.4, -0.2) is 30.6 Å². The van der Waals surface area contributed by atoms with E-state index in [4.69, 9.17) is 0 Å². The fraction of sp³-hybridized carbons (Fsp3) is 0.250. The number of hydrogen-bond acceptors (Lipinski definition) is 8. The molecule has 0 aliphatic rings. The second-order valence-electron chi connectivity index (χ2n) is 5.42. The minimum atomic E-state index is -0.378. The third-order valence-electron chi connectivity index (χ3n) is 3.90. The maximum atomic E-state index is 10.2. The summed E-state index contributed by atoms with van der Waals surface area (Å²) in [7, 11) is 2.12. The van der Waals surface area contributed by atoms with Crippen molar-refractivity contribution in [2.75, 3.05) is 0 Å². The fourth-order valence-electron chi connectivity index (χ4n) is 2.13. The van der Waals surface area contributed by atoms with E-state index in [0.29, 0.717) is 20.9 Å². The first-order valence-electron chi connectivity index (χ1n) is 6.92. The third-order valence-corrected chi connectivity index (χ3v) is 6.57. The van der Waals surface area contributed by atoms with Crippen molar-refractivity contribution in [1.29, 1.82) is 0 Å². The predicted octanol–water partition coefficient (Wildman–Crippen LogP) is 3.95. The first-order valence-corrected chi connectivity index (χ1v) is 9.07. The van der Waals surface area contributed by atoms with Gasteiger partial charge in [0, 0.05) is 22.3 Å². The molecule has 0 aromatic heterocycles. The molecule has 0 amide bonds. The Labute approximate surface area is 146 Å². The standard InChI is InChI=1S/C16H18O6S2/c1-5-9(17)11(19)7(3)15(13(5)21)23-24-16-8(4)12(20)10(18)6(2)14(16)22/h17-22H,1-4H3. The molecule has 0 bridgehead atoms. The summed E-state index contributed by atoms with van der Waals surface area (Å²) in [6, 6.07) is 0. The number of benzene rings is 2. The smallest absolute Gasteiger partial charge is 0.164 e. The van der Waals surface area contributed by atoms with E-state index < -0.39 is 0 Å². The van der Waals surface area contributed by atoms with E-state index in [0.717, 1.165) is 21.6 Å². The first kappa shape index (κ1) is 18.3. The normalized spacial score (nSPS) is 11.0. The largest absolute Gasteiger partial charge is 0.506 e. The molecule has 0 saturated heterocycles. The van der Waals surface area contributed by atoms with Crippen LogP contribution in [0.25, 0.3) is 0 Å². The zero-order valence-electron chi connectivity index (χ0n) is 13.5. The molecule has 0 radical (unpaired) electrons. The molecular weight excluding hydrogens is 352 g/mol. The van der Waals surface area contributed by atoms with Crippen molar-refractivity contribution >= 4 is 21.6 Å². The van der Waals surface area contributed by atoms with Gasteiger partial charge in [-0.15, -0.1) is 0 Å². The van der Waals surface area contributed by atoms with Gasteiger partial charge in [-0.3, -0.25) is 0 Å². The molecule has 0 saturated carbocycles. The van der Waals surface area contributed by atoms with Gasteiger partial charge in [0.15, 0.2) is 23.0 Å². The van der Waals surface area contributed by atoms with E-state index in [1.807, 2.05) is 0 Å². The molecule has 0 aliphatic carbocycles. The highest BCUT2D eigenvalue weighted by Gasteiger charge is 2.23. The Morgan fingerprint density at radius 1 is 0.417 bits per heavy atom. The van der Waals surface area contributed by atoms with Crippen LogP contribution in [-0.2, 0) is 0 Å². The Morgan fingerprint density at radius 2 is 0.667 bits per heavy atom. The monoisotopic (exact) mass is 370 g/mol. The highest BCUT2D eigenvalue weighted by atomic mass is 33.1. The molecule has 0 spiro atoms. The zero-order chi connectivity index (χ0) is 18.3. The summed E-state index contributed by atoms with van der Waals surface area (Å²) < 4.78 is 0. The van der Waals surface area contributed by atoms with Crippen LogP contribution >= 0.6 is 21.6 Å². The lowest BCUT2D eigenvalue weighted by molar-refractivity contribution is 0.384. The number of rotatable bonds is 3. The van der Waals surface area contributed by atoms with Crippen LogP contribution in [0.3, 0.4) is 0 Å². The van der Waals surface area contributed by atoms with Crippen LogP contribution in [0.4, 0.5) is 0 Å². The third kappa shape index (κ3) is 2.76. The van der Waals surface area contributed by atoms with Crippen LogP contribution in [0.1, 0.15) is 22.3 Å². The van der Waals surface area contributed by atoms with E-state index in [1.54, 1.807) is 13.8 Å². The highest BCUT2D eigenvalue weighted by Crippen LogP contribution is 2.54. The van der Waals surface area contributed by atoms with Gasteiger partial charge in [-0.2, -0.15) is 0 Å². The van der Waals surface area contributed by atoms with Gasteiger partial charge in [-0.1, -0.05) is 0 Å². The lowest BCUT2D eigenvalue weighted by Crippen LogP contribution is -1.89. The molecule has 8 heteroatoms. The average molecular weight is 370 g/mol. The summed E-state index contributed by atoms with van der Waals surface area (Å²) in [5, 5.41) is 59.7. The molecule has 0 heterocycles. The van der Waals surface area contributed by atoms with Gasteiger partial charge < -0.3 is 30.6 Å². The first-order chi connectivity index (χ1) is 11.1. The lowest BCUT2D eigenvalue weighted by atomic mass is 10.1. The van der Waals surface area contributed by atoms with Gasteiger partial charge >= 0.3 is 0 Å². The van der Waals surface area contributed by atoms with E-state index in [-0.39, 0.29) is 45.6 Å². The van der Waals surface area contributed by atoms with E-state index in [2.05, 4.69) is 0 Å². The highest BCUT2D eigenvalue weighted by molar-refractivity contribution is 8.76. The molecular formula is C16H18O6S2. The van der Waals surface area contributed by atoms with E-state index >= 15 is 0 Å². The SMILES string of the molecule is Cc1c(O)c(O)c(C)c(SSc2c(C)c(O)c(O)c(C)c2O)c1O. The summed E-state index contributed by atoms with van der Waals surface area (Å²) in [5.74, 6) is -1.74. The van der Waals surface area contributed by atoms with Gasteiger partial charge in [0.05, 0.1) is 9.79 Å². The molecule has 0 aliphatic heterocycles. The van der Waals surface area contributed by atoms with Gasteiger partial charge in [-0.25, -0.2) is 0 Å². The molecule has 0 unspecified atom stereocenters. The molecule has 0 fully saturated rings. The number of phenolic OH excluding ortho intramolecular Hbond substituents is 6. The van der Waals surface area contributed by atoms with Crippen LogP contribution in [0.5, 0.6) is 34.5 Å². The van der Waals surface area contributed by atoms with E-state index in [9.17, 15) is 30.6 Å². The van der Waals surface area contributed by atoms with Gasteiger partial charge in [0.25, 0.3) is 0 Å². The Morgan fingerprint density at radius 3 is 0.958 bits per heavy atom. The Hall–Kier alpha value is -2.06. The maximum absolute atomic E-state index is 10.2. The summed E-state index contributed by atoms with van der Waals surface area (Å²) in [6.07, 6.45) is 0. The molecule has 130 valence electrons. The molecule has 2 rings (SSSR count). The van der Waals surface area contributed by atoms with Crippen LogP contribution < -0.4 is 0 Å². The predicted molar refractivity (Wildman–Crippen MR) is 93.5 cm³/mol. The number of phenols is 6. The van der Waals surface area contributed by atoms with Crippen molar-refractivity contribution in [3.8, 4) is 34.5 Å². The van der Waals surface area contributed by atoms with Gasteiger partial charge in [-0.05, 0) is 49.3 Å². The van der Waals surface area contributed by atoms with E-state index in [1.165, 1.54) is 13.8 Å². The van der Waals surface area contributed by atoms with Crippen LogP contribution in [0.2, 0.25) is 0 Å². The molecule has 2 aromatic rings. The van der Waals surface area contributed by atoms with Crippen LogP contribution in [0, 0.1) is 27.7 Å². The average Bonchev–Trinajstić information content (AvgIpc) is 2.57. The number of aromatic hydroxyl groups is 6. The molecule has 0 atom stereocenters. The van der Waals surface area contributed by atoms with Crippen molar-refractivity contribution in [2.45, 2.75) is 37.5 Å². The fourth-order valence-corrected chi connectivity index (χ4v) is 4.93. The van der Waals surface area contributed by atoms with Crippen molar-refractivity contribution in [2.24, 2.45) is 0 Å². The lowest BCUT2D eigenvalue weighted by Gasteiger charge is -2.16. The van der Waals surface area contributed by atoms with Crippen LogP contribution in [0.15, 0.2) is 9.79 Å². The zero-order valence-corrected chi connectivity index (χ0v) is 15.1. The van der Waals surface area contributed by atoms with Crippen molar-refractivity contribution in [3.05, 3.63) is 22.3 Å². The van der Waals surface area contributed by atoms with Crippen molar-refractivity contribution < 1.29 is 30.6 Å². The topological polar surface area (TPSA) is 121 Å².